The Morgan fingerprint density at radius 3 is 2.11 bits per heavy atom. The van der Waals surface area contributed by atoms with Crippen LogP contribution in [0.25, 0.3) is 0 Å². The van der Waals surface area contributed by atoms with Crippen molar-refractivity contribution in [3.05, 3.63) is 0 Å². The zero-order valence-corrected chi connectivity index (χ0v) is 11.4. The Bertz CT molecular complexity index is 310. The lowest BCUT2D eigenvalue weighted by Crippen LogP contribution is -2.58. The Kier molecular flexibility index (Phi) is 4.95. The molecule has 0 aromatic rings. The van der Waals surface area contributed by atoms with Crippen LogP contribution in [-0.2, 0) is 9.53 Å². The standard InChI is InChI=1S/C12H23N3O3/c1-4-12(3,13)10(16)14-6-8-15(9-7-14)11(17)18-5-2/h4-9,13H2,1-3H3. The average molecular weight is 257 g/mol. The molecule has 1 heterocycles. The van der Waals surface area contributed by atoms with Crippen molar-refractivity contribution in [3.63, 3.8) is 0 Å². The van der Waals surface area contributed by atoms with Crippen molar-refractivity contribution in [2.45, 2.75) is 32.7 Å². The van der Waals surface area contributed by atoms with E-state index in [1.165, 1.54) is 0 Å². The van der Waals surface area contributed by atoms with Crippen LogP contribution in [0.3, 0.4) is 0 Å². The fourth-order valence-electron chi connectivity index (χ4n) is 1.82. The van der Waals surface area contributed by atoms with Crippen LogP contribution in [0.1, 0.15) is 27.2 Å². The van der Waals surface area contributed by atoms with Gasteiger partial charge in [0.05, 0.1) is 12.1 Å². The summed E-state index contributed by atoms with van der Waals surface area (Å²) in [6.45, 7) is 7.83. The smallest absolute Gasteiger partial charge is 0.409 e. The highest BCUT2D eigenvalue weighted by Gasteiger charge is 2.33. The Morgan fingerprint density at radius 1 is 1.17 bits per heavy atom. The van der Waals surface area contributed by atoms with E-state index < -0.39 is 5.54 Å². The summed E-state index contributed by atoms with van der Waals surface area (Å²) < 4.78 is 4.92. The maximum Gasteiger partial charge on any atom is 0.409 e. The molecular formula is C12H23N3O3. The van der Waals surface area contributed by atoms with Crippen LogP contribution in [0.5, 0.6) is 0 Å². The summed E-state index contributed by atoms with van der Waals surface area (Å²) in [5, 5.41) is 0. The van der Waals surface area contributed by atoms with E-state index in [0.29, 0.717) is 39.2 Å². The third-order valence-electron chi connectivity index (χ3n) is 3.32. The van der Waals surface area contributed by atoms with E-state index in [1.807, 2.05) is 6.92 Å². The molecule has 0 aliphatic carbocycles. The number of rotatable bonds is 3. The molecule has 6 nitrogen and oxygen atoms in total. The van der Waals surface area contributed by atoms with Gasteiger partial charge < -0.3 is 20.3 Å². The lowest BCUT2D eigenvalue weighted by molar-refractivity contribution is -0.138. The van der Waals surface area contributed by atoms with Gasteiger partial charge in [-0.25, -0.2) is 4.79 Å². The number of amides is 2. The summed E-state index contributed by atoms with van der Waals surface area (Å²) in [6, 6.07) is 0. The molecule has 0 saturated carbocycles. The molecule has 0 bridgehead atoms. The molecule has 0 aromatic heterocycles. The topological polar surface area (TPSA) is 75.9 Å². The SMILES string of the molecule is CCOC(=O)N1CCN(C(=O)C(C)(N)CC)CC1. The van der Waals surface area contributed by atoms with Crippen molar-refractivity contribution in [1.29, 1.82) is 0 Å². The van der Waals surface area contributed by atoms with E-state index in [2.05, 4.69) is 0 Å². The molecule has 2 N–H and O–H groups in total. The van der Waals surface area contributed by atoms with Crippen LogP contribution in [0.2, 0.25) is 0 Å². The summed E-state index contributed by atoms with van der Waals surface area (Å²) in [5.41, 5.74) is 5.12. The second-order valence-corrected chi connectivity index (χ2v) is 4.75. The van der Waals surface area contributed by atoms with Gasteiger partial charge in [0.25, 0.3) is 0 Å². The summed E-state index contributed by atoms with van der Waals surface area (Å²) in [4.78, 5) is 27.0. The maximum atomic E-state index is 12.1. The predicted octanol–water partition coefficient (Wildman–Crippen LogP) is 0.415. The van der Waals surface area contributed by atoms with Gasteiger partial charge in [-0.15, -0.1) is 0 Å². The Labute approximate surface area is 108 Å². The third-order valence-corrected chi connectivity index (χ3v) is 3.32. The average Bonchev–Trinajstić information content (AvgIpc) is 2.38. The van der Waals surface area contributed by atoms with E-state index in [-0.39, 0.29) is 12.0 Å². The van der Waals surface area contributed by atoms with E-state index in [9.17, 15) is 9.59 Å². The van der Waals surface area contributed by atoms with Crippen molar-refractivity contribution < 1.29 is 14.3 Å². The number of carbonyl (C=O) groups is 2. The summed E-state index contributed by atoms with van der Waals surface area (Å²) in [6.07, 6.45) is 0.291. The van der Waals surface area contributed by atoms with Crippen LogP contribution in [0, 0.1) is 0 Å². The molecule has 2 amide bonds. The molecule has 0 spiro atoms. The normalized spacial score (nSPS) is 19.3. The quantitative estimate of drug-likeness (QED) is 0.794. The molecule has 1 atom stereocenters. The minimum Gasteiger partial charge on any atom is -0.450 e. The lowest BCUT2D eigenvalue weighted by atomic mass is 9.98. The number of piperazine rings is 1. The van der Waals surface area contributed by atoms with Gasteiger partial charge in [-0.2, -0.15) is 0 Å². The first-order valence-electron chi connectivity index (χ1n) is 6.42. The molecule has 1 fully saturated rings. The van der Waals surface area contributed by atoms with E-state index >= 15 is 0 Å². The number of carbonyl (C=O) groups excluding carboxylic acids is 2. The van der Waals surface area contributed by atoms with Crippen LogP contribution >= 0.6 is 0 Å². The fourth-order valence-corrected chi connectivity index (χ4v) is 1.82. The minimum absolute atomic E-state index is 0.0477. The van der Waals surface area contributed by atoms with Crippen LogP contribution < -0.4 is 5.73 Å². The Balaban J connectivity index is 2.49. The molecule has 1 aliphatic rings. The van der Waals surface area contributed by atoms with Gasteiger partial charge >= 0.3 is 6.09 Å². The van der Waals surface area contributed by atoms with Crippen molar-refractivity contribution in [2.75, 3.05) is 32.8 Å². The zero-order chi connectivity index (χ0) is 13.8. The highest BCUT2D eigenvalue weighted by molar-refractivity contribution is 5.85. The van der Waals surface area contributed by atoms with Crippen molar-refractivity contribution in [1.82, 2.24) is 9.80 Å². The molecule has 104 valence electrons. The van der Waals surface area contributed by atoms with Crippen molar-refractivity contribution in [3.8, 4) is 0 Å². The van der Waals surface area contributed by atoms with Crippen molar-refractivity contribution >= 4 is 12.0 Å². The predicted molar refractivity (Wildman–Crippen MR) is 68.1 cm³/mol. The summed E-state index contributed by atoms with van der Waals surface area (Å²) in [7, 11) is 0. The largest absolute Gasteiger partial charge is 0.450 e. The number of nitrogens with two attached hydrogens (primary N) is 1. The van der Waals surface area contributed by atoms with E-state index in [4.69, 9.17) is 10.5 Å². The van der Waals surface area contributed by atoms with Gasteiger partial charge in [0.1, 0.15) is 0 Å². The highest BCUT2D eigenvalue weighted by Crippen LogP contribution is 2.12. The molecular weight excluding hydrogens is 234 g/mol. The molecule has 1 rings (SSSR count). The van der Waals surface area contributed by atoms with Crippen LogP contribution in [-0.4, -0.2) is 60.1 Å². The van der Waals surface area contributed by atoms with Crippen LogP contribution in [0.4, 0.5) is 4.79 Å². The maximum absolute atomic E-state index is 12.1. The van der Waals surface area contributed by atoms with Gasteiger partial charge in [0.15, 0.2) is 0 Å². The van der Waals surface area contributed by atoms with E-state index in [1.54, 1.807) is 23.6 Å². The van der Waals surface area contributed by atoms with Crippen LogP contribution in [0.15, 0.2) is 0 Å². The van der Waals surface area contributed by atoms with Crippen molar-refractivity contribution in [2.24, 2.45) is 5.73 Å². The first-order valence-corrected chi connectivity index (χ1v) is 6.42. The molecule has 18 heavy (non-hydrogen) atoms. The summed E-state index contributed by atoms with van der Waals surface area (Å²) >= 11 is 0. The van der Waals surface area contributed by atoms with Gasteiger partial charge in [-0.05, 0) is 20.3 Å². The van der Waals surface area contributed by atoms with Gasteiger partial charge in [0, 0.05) is 26.2 Å². The summed E-state index contributed by atoms with van der Waals surface area (Å²) in [5.74, 6) is -0.0477. The first kappa shape index (κ1) is 14.8. The molecule has 1 saturated heterocycles. The second-order valence-electron chi connectivity index (χ2n) is 4.75. The lowest BCUT2D eigenvalue weighted by Gasteiger charge is -2.37. The number of nitrogens with zero attached hydrogens (tertiary/aromatic N) is 2. The molecule has 0 radical (unpaired) electrons. The molecule has 0 aromatic carbocycles. The Hall–Kier alpha value is -1.30. The monoisotopic (exact) mass is 257 g/mol. The molecule has 1 aliphatic heterocycles. The van der Waals surface area contributed by atoms with Gasteiger partial charge in [0.2, 0.25) is 5.91 Å². The zero-order valence-electron chi connectivity index (χ0n) is 11.4. The Morgan fingerprint density at radius 2 is 1.67 bits per heavy atom. The molecule has 1 unspecified atom stereocenters. The third kappa shape index (κ3) is 3.35. The number of hydrogen-bond donors (Lipinski definition) is 1. The van der Waals surface area contributed by atoms with Gasteiger partial charge in [-0.3, -0.25) is 4.79 Å². The minimum atomic E-state index is -0.813. The highest BCUT2D eigenvalue weighted by atomic mass is 16.6. The fraction of sp³-hybridized carbons (Fsp3) is 0.833. The van der Waals surface area contributed by atoms with Gasteiger partial charge in [-0.1, -0.05) is 6.92 Å². The number of ether oxygens (including phenoxy) is 1. The second kappa shape index (κ2) is 6.04. The van der Waals surface area contributed by atoms with E-state index in [0.717, 1.165) is 0 Å². The molecule has 6 heteroatoms. The first-order chi connectivity index (χ1) is 8.42. The number of hydrogen-bond acceptors (Lipinski definition) is 4.